The summed E-state index contributed by atoms with van der Waals surface area (Å²) in [5, 5.41) is 0. The molecule has 0 aromatic heterocycles. The second-order valence-electron chi connectivity index (χ2n) is 5.21. The topological polar surface area (TPSA) is 15.7 Å². The highest BCUT2D eigenvalue weighted by Gasteiger charge is 2.45. The molecule has 0 bridgehead atoms. The van der Waals surface area contributed by atoms with Crippen molar-refractivity contribution in [2.45, 2.75) is 26.1 Å². The van der Waals surface area contributed by atoms with E-state index in [0.29, 0.717) is 32.8 Å². The fraction of sp³-hybridized carbons (Fsp3) is 0.600. The van der Waals surface area contributed by atoms with E-state index < -0.39 is 12.2 Å². The summed E-state index contributed by atoms with van der Waals surface area (Å²) in [7, 11) is 0. The van der Waals surface area contributed by atoms with Crippen LogP contribution in [-0.2, 0) is 4.74 Å². The molecule has 3 nitrogen and oxygen atoms in total. The molecule has 0 saturated carbocycles. The second-order valence-corrected chi connectivity index (χ2v) is 6.36. The van der Waals surface area contributed by atoms with Crippen LogP contribution in [0.3, 0.4) is 0 Å². The minimum atomic E-state index is -4.31. The van der Waals surface area contributed by atoms with Gasteiger partial charge < -0.3 is 4.74 Å². The summed E-state index contributed by atoms with van der Waals surface area (Å²) in [5.41, 5.74) is 1.23. The molecule has 124 valence electrons. The molecule has 0 N–H and O–H groups in total. The van der Waals surface area contributed by atoms with Gasteiger partial charge in [0.15, 0.2) is 0 Å². The number of rotatable bonds is 5. The maximum absolute atomic E-state index is 13.6. The van der Waals surface area contributed by atoms with Crippen molar-refractivity contribution in [3.05, 3.63) is 35.4 Å². The maximum atomic E-state index is 13.6. The first-order chi connectivity index (χ1) is 10.4. The van der Waals surface area contributed by atoms with Gasteiger partial charge in [0.1, 0.15) is 6.04 Å². The third kappa shape index (κ3) is 4.62. The normalized spacial score (nSPS) is 18.6. The van der Waals surface area contributed by atoms with Crippen molar-refractivity contribution in [2.24, 2.45) is 0 Å². The predicted octanol–water partition coefficient (Wildman–Crippen LogP) is 3.82. The lowest BCUT2D eigenvalue weighted by Crippen LogP contribution is -2.40. The van der Waals surface area contributed by atoms with E-state index in [1.807, 2.05) is 11.2 Å². The van der Waals surface area contributed by atoms with E-state index in [1.54, 1.807) is 31.2 Å². The minimum absolute atomic E-state index is 0.278. The van der Waals surface area contributed by atoms with Gasteiger partial charge in [0.25, 0.3) is 0 Å². The zero-order valence-electron chi connectivity index (χ0n) is 12.8. The van der Waals surface area contributed by atoms with E-state index in [9.17, 15) is 13.2 Å². The van der Waals surface area contributed by atoms with Gasteiger partial charge in [-0.05, 0) is 12.5 Å². The lowest BCUT2D eigenvalue weighted by Gasteiger charge is -2.36. The third-order valence-corrected chi connectivity index (χ3v) is 4.77. The molecule has 1 aliphatic heterocycles. The number of aryl methyl sites for hydroxylation is 1. The molecule has 1 aliphatic rings. The molecule has 1 aromatic rings. The molecule has 1 unspecified atom stereocenters. The first kappa shape index (κ1) is 17.6. The van der Waals surface area contributed by atoms with E-state index >= 15 is 0 Å². The van der Waals surface area contributed by atoms with Crippen molar-refractivity contribution in [3.63, 3.8) is 0 Å². The fourth-order valence-electron chi connectivity index (χ4n) is 2.33. The molecule has 0 spiro atoms. The van der Waals surface area contributed by atoms with Gasteiger partial charge in [-0.2, -0.15) is 13.2 Å². The van der Waals surface area contributed by atoms with Crippen molar-refractivity contribution in [3.8, 4) is 0 Å². The number of hydrogen-bond donors (Lipinski definition) is 0. The summed E-state index contributed by atoms with van der Waals surface area (Å²) in [6.07, 6.45) is -4.31. The number of halogens is 3. The smallest absolute Gasteiger partial charge is 0.379 e. The van der Waals surface area contributed by atoms with Gasteiger partial charge in [0.2, 0.25) is 0 Å². The van der Waals surface area contributed by atoms with Crippen molar-refractivity contribution >= 4 is 12.1 Å². The third-order valence-electron chi connectivity index (χ3n) is 3.49. The number of morpholine rings is 1. The van der Waals surface area contributed by atoms with E-state index in [1.165, 1.54) is 16.4 Å². The monoisotopic (exact) mass is 334 g/mol. The van der Waals surface area contributed by atoms with E-state index in [-0.39, 0.29) is 5.56 Å². The lowest BCUT2D eigenvalue weighted by molar-refractivity contribution is -0.172. The second kappa shape index (κ2) is 7.68. The average molecular weight is 334 g/mol. The van der Waals surface area contributed by atoms with Crippen LogP contribution in [0.4, 0.5) is 13.2 Å². The summed E-state index contributed by atoms with van der Waals surface area (Å²) < 4.78 is 49.4. The zero-order chi connectivity index (χ0) is 16.2. The standard InChI is InChI=1S/C15H21F3N2OS/c1-3-20(22-19-8-10-21-11-9-19)14(15(16,17)18)13-6-4-12(2)5-7-13/h4-7,14H,3,8-11H2,1-2H3. The molecule has 0 amide bonds. The molecule has 22 heavy (non-hydrogen) atoms. The molecule has 1 atom stereocenters. The molecule has 1 heterocycles. The maximum Gasteiger partial charge on any atom is 0.409 e. The lowest BCUT2D eigenvalue weighted by atomic mass is 10.0. The van der Waals surface area contributed by atoms with E-state index in [4.69, 9.17) is 4.74 Å². The van der Waals surface area contributed by atoms with E-state index in [0.717, 1.165) is 5.56 Å². The van der Waals surface area contributed by atoms with Crippen LogP contribution in [0.1, 0.15) is 24.1 Å². The highest BCUT2D eigenvalue weighted by molar-refractivity contribution is 7.94. The van der Waals surface area contributed by atoms with Crippen LogP contribution in [0.25, 0.3) is 0 Å². The van der Waals surface area contributed by atoms with Gasteiger partial charge in [0.05, 0.1) is 13.2 Å². The van der Waals surface area contributed by atoms with Gasteiger partial charge >= 0.3 is 6.18 Å². The number of nitrogens with zero attached hydrogens (tertiary/aromatic N) is 2. The number of alkyl halides is 3. The Morgan fingerprint density at radius 3 is 2.32 bits per heavy atom. The molecule has 1 aromatic carbocycles. The zero-order valence-corrected chi connectivity index (χ0v) is 13.6. The van der Waals surface area contributed by atoms with Crippen LogP contribution >= 0.6 is 12.1 Å². The molecule has 7 heteroatoms. The van der Waals surface area contributed by atoms with Gasteiger partial charge in [0, 0.05) is 31.8 Å². The average Bonchev–Trinajstić information content (AvgIpc) is 2.48. The Bertz CT molecular complexity index is 461. The Morgan fingerprint density at radius 2 is 1.82 bits per heavy atom. The summed E-state index contributed by atoms with van der Waals surface area (Å²) in [6.45, 7) is 6.32. The Kier molecular flexibility index (Phi) is 6.14. The van der Waals surface area contributed by atoms with Crippen molar-refractivity contribution in [1.82, 2.24) is 8.61 Å². The predicted molar refractivity (Wildman–Crippen MR) is 82.3 cm³/mol. The fourth-order valence-corrected chi connectivity index (χ4v) is 3.39. The summed E-state index contributed by atoms with van der Waals surface area (Å²) in [4.78, 5) is 0. The van der Waals surface area contributed by atoms with Crippen LogP contribution in [-0.4, -0.2) is 47.6 Å². The van der Waals surface area contributed by atoms with Crippen LogP contribution in [0.5, 0.6) is 0 Å². The Hall–Kier alpha value is -0.760. The Balaban J connectivity index is 2.20. The van der Waals surface area contributed by atoms with Crippen molar-refractivity contribution < 1.29 is 17.9 Å². The number of benzene rings is 1. The van der Waals surface area contributed by atoms with Gasteiger partial charge in [-0.3, -0.25) is 0 Å². The van der Waals surface area contributed by atoms with Crippen molar-refractivity contribution in [1.29, 1.82) is 0 Å². The SMILES string of the molecule is CCN(SN1CCOCC1)C(c1ccc(C)cc1)C(F)(F)F. The Morgan fingerprint density at radius 1 is 1.23 bits per heavy atom. The van der Waals surface area contributed by atoms with Gasteiger partial charge in [-0.25, -0.2) is 8.61 Å². The highest BCUT2D eigenvalue weighted by Crippen LogP contribution is 2.41. The molecule has 1 saturated heterocycles. The molecular weight excluding hydrogens is 313 g/mol. The van der Waals surface area contributed by atoms with Crippen LogP contribution < -0.4 is 0 Å². The summed E-state index contributed by atoms with van der Waals surface area (Å²) in [5.74, 6) is 0. The highest BCUT2D eigenvalue weighted by atomic mass is 32.2. The quantitative estimate of drug-likeness (QED) is 0.761. The van der Waals surface area contributed by atoms with Gasteiger partial charge in [-0.1, -0.05) is 36.8 Å². The summed E-state index contributed by atoms with van der Waals surface area (Å²) >= 11 is 1.17. The van der Waals surface area contributed by atoms with Crippen LogP contribution in [0.15, 0.2) is 24.3 Å². The first-order valence-electron chi connectivity index (χ1n) is 7.32. The molecule has 0 aliphatic carbocycles. The van der Waals surface area contributed by atoms with Gasteiger partial charge in [-0.15, -0.1) is 0 Å². The van der Waals surface area contributed by atoms with Crippen LogP contribution in [0, 0.1) is 6.92 Å². The van der Waals surface area contributed by atoms with E-state index in [2.05, 4.69) is 0 Å². The molecule has 1 fully saturated rings. The number of ether oxygens (including phenoxy) is 1. The summed E-state index contributed by atoms with van der Waals surface area (Å²) in [6, 6.07) is 4.97. The molecular formula is C15H21F3N2OS. The van der Waals surface area contributed by atoms with Crippen molar-refractivity contribution in [2.75, 3.05) is 32.8 Å². The number of hydrogen-bond acceptors (Lipinski definition) is 4. The largest absolute Gasteiger partial charge is 0.409 e. The molecule has 0 radical (unpaired) electrons. The first-order valence-corrected chi connectivity index (χ1v) is 8.05. The molecule has 2 rings (SSSR count). The Labute approximate surface area is 133 Å². The minimum Gasteiger partial charge on any atom is -0.379 e. The van der Waals surface area contributed by atoms with Crippen LogP contribution in [0.2, 0.25) is 0 Å².